The number of esters is 1. The molecule has 1 aromatic carbocycles. The molecular weight excluding hydrogens is 595 g/mol. The van der Waals surface area contributed by atoms with Crippen LogP contribution in [-0.4, -0.2) is 119 Å². The molecule has 0 heterocycles. The van der Waals surface area contributed by atoms with E-state index >= 15 is 0 Å². The maximum atomic E-state index is 12.7. The monoisotopic (exact) mass is 635 g/mol. The van der Waals surface area contributed by atoms with Crippen LogP contribution in [0.4, 0.5) is 0 Å². The maximum absolute atomic E-state index is 12.7. The summed E-state index contributed by atoms with van der Waals surface area (Å²) in [7, 11) is -2.67. The van der Waals surface area contributed by atoms with Crippen LogP contribution in [-0.2, 0) is 37.7 Å². The third-order valence-corrected chi connectivity index (χ3v) is 6.45. The highest BCUT2D eigenvalue weighted by Crippen LogP contribution is 2.31. The van der Waals surface area contributed by atoms with E-state index in [0.29, 0.717) is 64.6 Å². The number of carbonyl (C=O) groups excluding carboxylic acids is 2. The van der Waals surface area contributed by atoms with Gasteiger partial charge in [-0.15, -0.1) is 10.4 Å². The number of aromatic hydroxyl groups is 2. The summed E-state index contributed by atoms with van der Waals surface area (Å²) in [6, 6.07) is 3.88. The predicted octanol–water partition coefficient (Wildman–Crippen LogP) is -0.613. The SMILES string of the molecule is O=C(/C=C/c1ccc(O)c(O)c1)OC1CC(O)(C(=O)NCCCOCCOCCOCCCNO[P+](=O)O)CC(O)C1O. The van der Waals surface area contributed by atoms with Gasteiger partial charge in [0.2, 0.25) is 0 Å². The van der Waals surface area contributed by atoms with Gasteiger partial charge in [0.25, 0.3) is 5.91 Å². The molecule has 0 radical (unpaired) electrons. The van der Waals surface area contributed by atoms with Gasteiger partial charge >= 0.3 is 14.2 Å². The van der Waals surface area contributed by atoms with Crippen molar-refractivity contribution in [2.75, 3.05) is 52.7 Å². The predicted molar refractivity (Wildman–Crippen MR) is 148 cm³/mol. The van der Waals surface area contributed by atoms with E-state index in [1.807, 2.05) is 0 Å². The number of carbonyl (C=O) groups is 2. The number of aliphatic hydroxyl groups is 3. The molecule has 1 fully saturated rings. The average Bonchev–Trinajstić information content (AvgIpc) is 2.95. The fraction of sp³-hybridized carbons (Fsp3) is 0.615. The lowest BCUT2D eigenvalue weighted by Crippen LogP contribution is -2.59. The molecule has 43 heavy (non-hydrogen) atoms. The van der Waals surface area contributed by atoms with Crippen molar-refractivity contribution in [3.8, 4) is 11.5 Å². The largest absolute Gasteiger partial charge is 0.713 e. The Balaban J connectivity index is 1.60. The van der Waals surface area contributed by atoms with E-state index in [9.17, 15) is 39.7 Å². The summed E-state index contributed by atoms with van der Waals surface area (Å²) in [6.45, 7) is 2.65. The second kappa shape index (κ2) is 19.5. The van der Waals surface area contributed by atoms with Crippen molar-refractivity contribution >= 4 is 26.2 Å². The molecule has 1 aliphatic rings. The van der Waals surface area contributed by atoms with Crippen molar-refractivity contribution in [3.63, 3.8) is 0 Å². The molecule has 1 aliphatic carbocycles. The molecule has 0 bridgehead atoms. The van der Waals surface area contributed by atoms with Gasteiger partial charge in [0.05, 0.1) is 32.5 Å². The Morgan fingerprint density at radius 3 is 2.21 bits per heavy atom. The van der Waals surface area contributed by atoms with Gasteiger partial charge in [0.1, 0.15) is 17.8 Å². The minimum absolute atomic E-state index is 0.163. The molecule has 1 saturated carbocycles. The Kier molecular flexibility index (Phi) is 16.5. The molecule has 0 saturated heterocycles. The lowest BCUT2D eigenvalue weighted by atomic mass is 9.79. The minimum Gasteiger partial charge on any atom is -0.504 e. The van der Waals surface area contributed by atoms with Crippen LogP contribution in [0.5, 0.6) is 11.5 Å². The Labute approximate surface area is 249 Å². The highest BCUT2D eigenvalue weighted by molar-refractivity contribution is 7.32. The summed E-state index contributed by atoms with van der Waals surface area (Å²) in [4.78, 5) is 33.4. The van der Waals surface area contributed by atoms with Gasteiger partial charge in [0, 0.05) is 49.8 Å². The number of hydrogen-bond acceptors (Lipinski definition) is 14. The third-order valence-electron chi connectivity index (χ3n) is 6.17. The summed E-state index contributed by atoms with van der Waals surface area (Å²) in [6.07, 6.45) is -1.99. The van der Waals surface area contributed by atoms with E-state index in [1.165, 1.54) is 24.3 Å². The topological polar surface area (TPSA) is 243 Å². The number of aliphatic hydroxyl groups excluding tert-OH is 2. The molecule has 16 nitrogen and oxygen atoms in total. The van der Waals surface area contributed by atoms with Crippen LogP contribution in [0.1, 0.15) is 31.2 Å². The Morgan fingerprint density at radius 1 is 0.953 bits per heavy atom. The van der Waals surface area contributed by atoms with Gasteiger partial charge in [-0.25, -0.2) is 4.79 Å². The standard InChI is InChI=1S/C26H39N2O14P/c29-19-5-3-18(15-20(19)30)4-6-23(32)41-22-17-26(35,16-21(31)24(22)33)25(34)27-7-1-9-38-11-13-40-14-12-39-10-2-8-28-42-43(36)37/h3-6,15,21-22,24,28,31,33,35H,1-2,7-14,16-17H2,(H3-,27,29,30,32,34,36,37)/p+1. The first-order valence-electron chi connectivity index (χ1n) is 13.6. The van der Waals surface area contributed by atoms with Crippen LogP contribution < -0.4 is 10.8 Å². The molecule has 1 amide bonds. The Hall–Kier alpha value is -2.76. The van der Waals surface area contributed by atoms with Crippen molar-refractivity contribution in [3.05, 3.63) is 29.8 Å². The number of amides is 1. The fourth-order valence-corrected chi connectivity index (χ4v) is 4.18. The van der Waals surface area contributed by atoms with Crippen LogP contribution in [0, 0.1) is 0 Å². The number of nitrogens with one attached hydrogen (secondary N) is 2. The fourth-order valence-electron chi connectivity index (χ4n) is 3.97. The van der Waals surface area contributed by atoms with E-state index in [1.54, 1.807) is 0 Å². The summed E-state index contributed by atoms with van der Waals surface area (Å²) in [5.41, 5.74) is 0.618. The van der Waals surface area contributed by atoms with Crippen molar-refractivity contribution in [1.29, 1.82) is 0 Å². The lowest BCUT2D eigenvalue weighted by molar-refractivity contribution is -0.187. The second-order valence-corrected chi connectivity index (χ2v) is 10.2. The zero-order valence-corrected chi connectivity index (χ0v) is 24.4. The normalized spacial score (nSPS) is 22.4. The van der Waals surface area contributed by atoms with Crippen molar-refractivity contribution in [2.24, 2.45) is 0 Å². The van der Waals surface area contributed by atoms with Gasteiger partial charge < -0.3 is 49.8 Å². The number of hydroxylamine groups is 1. The summed E-state index contributed by atoms with van der Waals surface area (Å²) in [5, 5.41) is 52.8. The van der Waals surface area contributed by atoms with Gasteiger partial charge in [-0.3, -0.25) is 4.79 Å². The van der Waals surface area contributed by atoms with Gasteiger partial charge in [-0.2, -0.15) is 0 Å². The molecule has 0 aromatic heterocycles. The molecule has 1 aromatic rings. The molecule has 0 spiro atoms. The van der Waals surface area contributed by atoms with Crippen LogP contribution >= 0.6 is 8.25 Å². The Morgan fingerprint density at radius 2 is 1.58 bits per heavy atom. The second-order valence-electron chi connectivity index (χ2n) is 9.58. The molecule has 5 atom stereocenters. The van der Waals surface area contributed by atoms with Crippen molar-refractivity contribution < 1.29 is 68.2 Å². The van der Waals surface area contributed by atoms with Gasteiger partial charge in [0.15, 0.2) is 11.5 Å². The number of benzene rings is 1. The molecule has 2 rings (SSSR count). The van der Waals surface area contributed by atoms with Crippen LogP contribution in [0.15, 0.2) is 24.3 Å². The first-order chi connectivity index (χ1) is 20.5. The van der Waals surface area contributed by atoms with E-state index in [2.05, 4.69) is 15.4 Å². The van der Waals surface area contributed by atoms with Crippen LogP contribution in [0.25, 0.3) is 6.08 Å². The number of hydrogen-bond donors (Lipinski definition) is 8. The van der Waals surface area contributed by atoms with E-state index in [4.69, 9.17) is 23.8 Å². The maximum Gasteiger partial charge on any atom is 0.713 e. The Bertz CT molecular complexity index is 1060. The van der Waals surface area contributed by atoms with Crippen molar-refractivity contribution in [1.82, 2.24) is 10.8 Å². The lowest BCUT2D eigenvalue weighted by Gasteiger charge is -2.40. The zero-order valence-electron chi connectivity index (χ0n) is 23.5. The summed E-state index contributed by atoms with van der Waals surface area (Å²) < 4.78 is 35.9. The third kappa shape index (κ3) is 14.0. The highest BCUT2D eigenvalue weighted by Gasteiger charge is 2.50. The molecule has 242 valence electrons. The molecule has 0 aliphatic heterocycles. The average molecular weight is 636 g/mol. The first kappa shape index (κ1) is 36.4. The number of phenols is 2. The van der Waals surface area contributed by atoms with E-state index in [-0.39, 0.29) is 18.0 Å². The molecular formula is C26H40N2O14P+. The van der Waals surface area contributed by atoms with E-state index < -0.39 is 56.9 Å². The quantitative estimate of drug-likeness (QED) is 0.0222. The number of phenolic OH excluding ortho intramolecular Hbond substituents is 2. The van der Waals surface area contributed by atoms with Gasteiger partial charge in [-0.1, -0.05) is 6.07 Å². The van der Waals surface area contributed by atoms with Crippen LogP contribution in [0.2, 0.25) is 0 Å². The van der Waals surface area contributed by atoms with E-state index in [0.717, 1.165) is 6.08 Å². The minimum atomic E-state index is -2.67. The summed E-state index contributed by atoms with van der Waals surface area (Å²) in [5.74, 6) is -2.41. The number of rotatable bonds is 20. The first-order valence-corrected chi connectivity index (χ1v) is 14.7. The number of ether oxygens (including phenoxy) is 4. The molecule has 17 heteroatoms. The van der Waals surface area contributed by atoms with Gasteiger partial charge in [-0.05, 0) is 41.2 Å². The highest BCUT2D eigenvalue weighted by atomic mass is 31.1. The summed E-state index contributed by atoms with van der Waals surface area (Å²) >= 11 is 0. The van der Waals surface area contributed by atoms with Crippen molar-refractivity contribution in [2.45, 2.75) is 49.6 Å². The smallest absolute Gasteiger partial charge is 0.504 e. The van der Waals surface area contributed by atoms with Crippen LogP contribution in [0.3, 0.4) is 0 Å². The molecule has 5 unspecified atom stereocenters. The molecule has 8 N–H and O–H groups in total. The zero-order chi connectivity index (χ0) is 31.7.